The van der Waals surface area contributed by atoms with Gasteiger partial charge in [0.25, 0.3) is 0 Å². The first-order chi connectivity index (χ1) is 23.0. The minimum absolute atomic E-state index is 0.0810. The average Bonchev–Trinajstić information content (AvgIpc) is 3.68. The molecule has 5 rings (SSSR count). The molecule has 2 amide bonds. The first-order valence-corrected chi connectivity index (χ1v) is 17.3. The topological polar surface area (TPSA) is 120 Å². The molecule has 48 heavy (non-hydrogen) atoms. The van der Waals surface area contributed by atoms with Crippen LogP contribution < -0.4 is 15.4 Å². The molecule has 4 N–H and O–H groups in total. The molecule has 3 aromatic carbocycles. The fourth-order valence-electron chi connectivity index (χ4n) is 6.67. The number of carbonyl (C=O) groups is 2. The van der Waals surface area contributed by atoms with Gasteiger partial charge < -0.3 is 30.3 Å². The van der Waals surface area contributed by atoms with Crippen molar-refractivity contribution in [2.45, 2.75) is 89.2 Å². The molecule has 0 spiro atoms. The van der Waals surface area contributed by atoms with Crippen LogP contribution in [0.2, 0.25) is 0 Å². The number of amides is 2. The number of nitrogens with one attached hydrogen (secondary N) is 2. The number of hydrogen-bond donors (Lipinski definition) is 4. The van der Waals surface area contributed by atoms with Gasteiger partial charge in [0.1, 0.15) is 18.0 Å². The number of aliphatic hydroxyl groups excluding tert-OH is 2. The molecule has 1 fully saturated rings. The Morgan fingerprint density at radius 2 is 1.58 bits per heavy atom. The van der Waals surface area contributed by atoms with Crippen LogP contribution in [-0.2, 0) is 28.8 Å². The molecule has 0 saturated carbocycles. The maximum atomic E-state index is 14.0. The number of likely N-dealkylation sites (tertiary alicyclic amines) is 1. The second-order valence-electron chi connectivity index (χ2n) is 14.1. The largest absolute Gasteiger partial charge is 0.492 e. The van der Waals surface area contributed by atoms with Gasteiger partial charge in [0.05, 0.1) is 24.3 Å². The lowest BCUT2D eigenvalue weighted by atomic mass is 9.88. The predicted molar refractivity (Wildman–Crippen MR) is 186 cm³/mol. The normalized spacial score (nSPS) is 19.6. The zero-order valence-corrected chi connectivity index (χ0v) is 28.4. The third-order valence-electron chi connectivity index (χ3n) is 9.14. The maximum Gasteiger partial charge on any atom is 0.407 e. The van der Waals surface area contributed by atoms with Crippen LogP contribution in [-0.4, -0.2) is 77.2 Å². The first-order valence-electron chi connectivity index (χ1n) is 17.3. The first kappa shape index (κ1) is 35.4. The van der Waals surface area contributed by atoms with Crippen molar-refractivity contribution >= 4 is 12.0 Å². The number of ether oxygens (including phenoxy) is 2. The molecule has 1 aliphatic carbocycles. The Hall–Kier alpha value is -3.92. The summed E-state index contributed by atoms with van der Waals surface area (Å²) in [6.07, 6.45) is 1.30. The van der Waals surface area contributed by atoms with Crippen molar-refractivity contribution in [3.8, 4) is 5.75 Å². The van der Waals surface area contributed by atoms with E-state index in [0.29, 0.717) is 25.9 Å². The number of nitrogens with zero attached hydrogens (tertiary/aromatic N) is 1. The molecule has 1 unspecified atom stereocenters. The molecule has 9 heteroatoms. The molecule has 1 aliphatic heterocycles. The lowest BCUT2D eigenvalue weighted by molar-refractivity contribution is -0.127. The zero-order chi connectivity index (χ0) is 34.1. The predicted octanol–water partition coefficient (Wildman–Crippen LogP) is 4.98. The van der Waals surface area contributed by atoms with Crippen LogP contribution in [0.3, 0.4) is 0 Å². The van der Waals surface area contributed by atoms with E-state index in [1.54, 1.807) is 20.8 Å². The Kier molecular flexibility index (Phi) is 12.1. The minimum atomic E-state index is -1.07. The number of carbonyl (C=O) groups excluding carboxylic acids is 2. The summed E-state index contributed by atoms with van der Waals surface area (Å²) in [5.74, 6) is -0.147. The monoisotopic (exact) mass is 657 g/mol. The number of aliphatic hydroxyl groups is 2. The standard InChI is InChI=1S/C39H51N3O6/c1-39(2,3)48-38(46)40-33(24-27-11-5-4-6-12-27)34(43)26-30(37(45)41-36-32-14-8-7-13-29(32)25-35(36)44)23-28-15-17-31(18-16-28)47-22-21-42-19-9-10-20-42/h4-8,11-18,30,33-36,43-44H,9-10,19-26H2,1-3H3,(H,40,46)(H,41,45)/t30-,33+,34+,35-,36?/m1/s1. The maximum absolute atomic E-state index is 14.0. The number of fused-ring (bicyclic) bond motifs is 1. The van der Waals surface area contributed by atoms with E-state index in [0.717, 1.165) is 47.6 Å². The van der Waals surface area contributed by atoms with Crippen LogP contribution in [0.5, 0.6) is 5.75 Å². The highest BCUT2D eigenvalue weighted by Crippen LogP contribution is 2.32. The number of alkyl carbamates (subject to hydrolysis) is 1. The van der Waals surface area contributed by atoms with Gasteiger partial charge in [-0.3, -0.25) is 9.69 Å². The highest BCUT2D eigenvalue weighted by atomic mass is 16.6. The second-order valence-corrected chi connectivity index (χ2v) is 14.1. The Balaban J connectivity index is 1.32. The van der Waals surface area contributed by atoms with E-state index in [1.807, 2.05) is 78.9 Å². The summed E-state index contributed by atoms with van der Waals surface area (Å²) in [5, 5.41) is 28.5. The summed E-state index contributed by atoms with van der Waals surface area (Å²) in [5.41, 5.74) is 3.06. The van der Waals surface area contributed by atoms with Gasteiger partial charge in [0.15, 0.2) is 0 Å². The Morgan fingerprint density at radius 3 is 2.29 bits per heavy atom. The Morgan fingerprint density at radius 1 is 0.917 bits per heavy atom. The van der Waals surface area contributed by atoms with E-state index >= 15 is 0 Å². The quantitative estimate of drug-likeness (QED) is 0.193. The summed E-state index contributed by atoms with van der Waals surface area (Å²) in [6.45, 7) is 9.13. The van der Waals surface area contributed by atoms with E-state index in [1.165, 1.54) is 12.8 Å². The molecule has 0 bridgehead atoms. The Labute approximate surface area is 284 Å². The van der Waals surface area contributed by atoms with Gasteiger partial charge in [-0.15, -0.1) is 0 Å². The van der Waals surface area contributed by atoms with Crippen molar-refractivity contribution in [1.82, 2.24) is 15.5 Å². The molecular formula is C39H51N3O6. The van der Waals surface area contributed by atoms with Crippen LogP contribution in [0.25, 0.3) is 0 Å². The molecule has 1 heterocycles. The van der Waals surface area contributed by atoms with E-state index in [4.69, 9.17) is 9.47 Å². The lowest BCUT2D eigenvalue weighted by Gasteiger charge is -2.29. The molecule has 1 saturated heterocycles. The zero-order valence-electron chi connectivity index (χ0n) is 28.4. The van der Waals surface area contributed by atoms with Gasteiger partial charge in [-0.1, -0.05) is 66.7 Å². The van der Waals surface area contributed by atoms with Crippen molar-refractivity contribution in [3.05, 3.63) is 101 Å². The van der Waals surface area contributed by atoms with Crippen molar-refractivity contribution in [2.24, 2.45) is 5.92 Å². The molecule has 5 atom stereocenters. The van der Waals surface area contributed by atoms with Crippen molar-refractivity contribution in [3.63, 3.8) is 0 Å². The number of benzene rings is 3. The van der Waals surface area contributed by atoms with Gasteiger partial charge in [-0.25, -0.2) is 4.79 Å². The SMILES string of the molecule is CC(C)(C)OC(=O)N[C@@H](Cc1ccccc1)[C@@H](O)C[C@@H](Cc1ccc(OCCN2CCCC2)cc1)C(=O)NC1c2ccccc2C[C@H]1O. The average molecular weight is 658 g/mol. The summed E-state index contributed by atoms with van der Waals surface area (Å²) in [6, 6.07) is 23.9. The van der Waals surface area contributed by atoms with Crippen LogP contribution in [0.15, 0.2) is 78.9 Å². The summed E-state index contributed by atoms with van der Waals surface area (Å²) in [4.78, 5) is 29.3. The van der Waals surface area contributed by atoms with Crippen LogP contribution >= 0.6 is 0 Å². The van der Waals surface area contributed by atoms with E-state index in [-0.39, 0.29) is 12.3 Å². The fourth-order valence-corrected chi connectivity index (χ4v) is 6.67. The highest BCUT2D eigenvalue weighted by molar-refractivity contribution is 5.80. The van der Waals surface area contributed by atoms with Crippen LogP contribution in [0.4, 0.5) is 4.79 Å². The molecule has 2 aliphatic rings. The van der Waals surface area contributed by atoms with Crippen LogP contribution in [0.1, 0.15) is 68.3 Å². The number of hydrogen-bond acceptors (Lipinski definition) is 7. The minimum Gasteiger partial charge on any atom is -0.492 e. The van der Waals surface area contributed by atoms with Crippen molar-refractivity contribution in [1.29, 1.82) is 0 Å². The van der Waals surface area contributed by atoms with Gasteiger partial charge >= 0.3 is 6.09 Å². The van der Waals surface area contributed by atoms with Gasteiger partial charge in [-0.05, 0) is 100 Å². The van der Waals surface area contributed by atoms with E-state index < -0.39 is 41.9 Å². The molecule has 258 valence electrons. The smallest absolute Gasteiger partial charge is 0.407 e. The summed E-state index contributed by atoms with van der Waals surface area (Å²) in [7, 11) is 0. The fraction of sp³-hybridized carbons (Fsp3) is 0.487. The van der Waals surface area contributed by atoms with Gasteiger partial charge in [0, 0.05) is 18.9 Å². The van der Waals surface area contributed by atoms with Crippen molar-refractivity contribution in [2.75, 3.05) is 26.2 Å². The molecular weight excluding hydrogens is 606 g/mol. The molecule has 3 aromatic rings. The third-order valence-corrected chi connectivity index (χ3v) is 9.14. The van der Waals surface area contributed by atoms with E-state index in [9.17, 15) is 19.8 Å². The molecule has 0 radical (unpaired) electrons. The molecule has 0 aromatic heterocycles. The van der Waals surface area contributed by atoms with Crippen LogP contribution in [0, 0.1) is 5.92 Å². The highest BCUT2D eigenvalue weighted by Gasteiger charge is 2.35. The van der Waals surface area contributed by atoms with Crippen molar-refractivity contribution < 1.29 is 29.3 Å². The second kappa shape index (κ2) is 16.5. The lowest BCUT2D eigenvalue weighted by Crippen LogP contribution is -2.48. The summed E-state index contributed by atoms with van der Waals surface area (Å²) >= 11 is 0. The Bertz CT molecular complexity index is 1470. The third kappa shape index (κ3) is 10.3. The van der Waals surface area contributed by atoms with Gasteiger partial charge in [0.2, 0.25) is 5.91 Å². The number of rotatable bonds is 14. The van der Waals surface area contributed by atoms with E-state index in [2.05, 4.69) is 15.5 Å². The molecule has 9 nitrogen and oxygen atoms in total. The summed E-state index contributed by atoms with van der Waals surface area (Å²) < 4.78 is 11.5. The van der Waals surface area contributed by atoms with Gasteiger partial charge in [-0.2, -0.15) is 0 Å².